The molecule has 5 atom stereocenters. The number of methoxy groups -OCH3 is 1. The van der Waals surface area contributed by atoms with Crippen LogP contribution < -0.4 is 0 Å². The number of hydrogen-bond acceptors (Lipinski definition) is 3. The van der Waals surface area contributed by atoms with E-state index in [1.54, 1.807) is 7.11 Å². The number of rotatable bonds is 6. The molecule has 1 N–H and O–H groups in total. The van der Waals surface area contributed by atoms with Gasteiger partial charge in [-0.2, -0.15) is 0 Å². The lowest BCUT2D eigenvalue weighted by Gasteiger charge is -2.46. The van der Waals surface area contributed by atoms with Gasteiger partial charge in [-0.25, -0.2) is 0 Å². The molecular weight excluding hydrogens is 238 g/mol. The number of hydrogen-bond donors (Lipinski definition) is 1. The molecule has 0 radical (unpaired) electrons. The van der Waals surface area contributed by atoms with Crippen molar-refractivity contribution in [1.29, 1.82) is 0 Å². The zero-order chi connectivity index (χ0) is 14.0. The second kappa shape index (κ2) is 6.55. The molecule has 0 spiro atoms. The van der Waals surface area contributed by atoms with Crippen molar-refractivity contribution in [2.24, 2.45) is 17.8 Å². The highest BCUT2D eigenvalue weighted by Crippen LogP contribution is 2.39. The molecule has 0 aromatic heterocycles. The Morgan fingerprint density at radius 2 is 1.95 bits per heavy atom. The molecule has 2 aliphatic carbocycles. The Hall–Kier alpha value is -0.120. The molecule has 2 rings (SSSR count). The van der Waals surface area contributed by atoms with Gasteiger partial charge in [0.15, 0.2) is 0 Å². The van der Waals surface area contributed by atoms with Crippen molar-refractivity contribution >= 4 is 0 Å². The van der Waals surface area contributed by atoms with Gasteiger partial charge in [-0.3, -0.25) is 4.90 Å². The highest BCUT2D eigenvalue weighted by atomic mass is 16.5. The minimum Gasteiger partial charge on any atom is -0.391 e. The second-order valence-corrected chi connectivity index (χ2v) is 6.92. The third kappa shape index (κ3) is 3.71. The molecule has 2 saturated carbocycles. The number of aliphatic hydroxyl groups is 1. The molecule has 112 valence electrons. The van der Waals surface area contributed by atoms with Gasteiger partial charge in [-0.15, -0.1) is 0 Å². The molecular formula is C16H31NO2. The maximum absolute atomic E-state index is 10.5. The fourth-order valence-electron chi connectivity index (χ4n) is 4.02. The lowest BCUT2D eigenvalue weighted by atomic mass is 9.76. The van der Waals surface area contributed by atoms with E-state index in [1.807, 2.05) is 0 Å². The maximum atomic E-state index is 10.5. The lowest BCUT2D eigenvalue weighted by molar-refractivity contribution is -0.0500. The fourth-order valence-corrected chi connectivity index (χ4v) is 4.02. The van der Waals surface area contributed by atoms with Gasteiger partial charge in [-0.1, -0.05) is 13.8 Å². The molecule has 5 unspecified atom stereocenters. The van der Waals surface area contributed by atoms with E-state index in [0.717, 1.165) is 25.5 Å². The first-order chi connectivity index (χ1) is 9.04. The molecule has 2 aliphatic rings. The van der Waals surface area contributed by atoms with Crippen LogP contribution in [0.4, 0.5) is 0 Å². The standard InChI is InChI=1S/C16H31NO2/c1-11-9-12(2)16(15(18)10-11)17(7-8-19-4)13(3)14-5-6-14/h11-16,18H,5-10H2,1-4H3. The van der Waals surface area contributed by atoms with Crippen LogP contribution in [0, 0.1) is 17.8 Å². The Morgan fingerprint density at radius 1 is 1.26 bits per heavy atom. The predicted molar refractivity (Wildman–Crippen MR) is 78.1 cm³/mol. The smallest absolute Gasteiger partial charge is 0.0700 e. The topological polar surface area (TPSA) is 32.7 Å². The molecule has 0 aromatic carbocycles. The van der Waals surface area contributed by atoms with Crippen molar-refractivity contribution in [1.82, 2.24) is 4.90 Å². The van der Waals surface area contributed by atoms with Gasteiger partial charge in [0.2, 0.25) is 0 Å². The first kappa shape index (κ1) is 15.3. The van der Waals surface area contributed by atoms with Gasteiger partial charge in [0.25, 0.3) is 0 Å². The van der Waals surface area contributed by atoms with Gasteiger partial charge in [-0.05, 0) is 50.4 Å². The van der Waals surface area contributed by atoms with Crippen LogP contribution >= 0.6 is 0 Å². The molecule has 3 nitrogen and oxygen atoms in total. The molecule has 3 heteroatoms. The highest BCUT2D eigenvalue weighted by Gasteiger charge is 2.41. The van der Waals surface area contributed by atoms with E-state index in [1.165, 1.54) is 19.3 Å². The number of aliphatic hydroxyl groups excluding tert-OH is 1. The van der Waals surface area contributed by atoms with Crippen LogP contribution in [0.3, 0.4) is 0 Å². The summed E-state index contributed by atoms with van der Waals surface area (Å²) in [7, 11) is 1.77. The summed E-state index contributed by atoms with van der Waals surface area (Å²) in [5.41, 5.74) is 0. The Kier molecular flexibility index (Phi) is 5.27. The average molecular weight is 269 g/mol. The molecule has 0 saturated heterocycles. The second-order valence-electron chi connectivity index (χ2n) is 6.92. The van der Waals surface area contributed by atoms with Crippen LogP contribution in [-0.4, -0.2) is 48.5 Å². The van der Waals surface area contributed by atoms with Crippen molar-refractivity contribution in [2.45, 2.75) is 64.6 Å². The van der Waals surface area contributed by atoms with E-state index in [9.17, 15) is 5.11 Å². The van der Waals surface area contributed by atoms with Crippen molar-refractivity contribution in [2.75, 3.05) is 20.3 Å². The van der Waals surface area contributed by atoms with Crippen molar-refractivity contribution in [3.05, 3.63) is 0 Å². The molecule has 0 bridgehead atoms. The summed E-state index contributed by atoms with van der Waals surface area (Å²) in [6, 6.07) is 0.910. The molecule has 0 amide bonds. The zero-order valence-corrected chi connectivity index (χ0v) is 13.0. The lowest BCUT2D eigenvalue weighted by Crippen LogP contribution is -2.55. The van der Waals surface area contributed by atoms with Gasteiger partial charge < -0.3 is 9.84 Å². The Labute approximate surface area is 118 Å². The molecule has 0 aromatic rings. The van der Waals surface area contributed by atoms with E-state index in [4.69, 9.17) is 4.74 Å². The first-order valence-corrected chi connectivity index (χ1v) is 7.97. The summed E-state index contributed by atoms with van der Waals surface area (Å²) in [4.78, 5) is 2.54. The third-order valence-corrected chi connectivity index (χ3v) is 5.16. The van der Waals surface area contributed by atoms with Gasteiger partial charge in [0, 0.05) is 25.7 Å². The van der Waals surface area contributed by atoms with Crippen LogP contribution in [0.2, 0.25) is 0 Å². The predicted octanol–water partition coefficient (Wildman–Crippen LogP) is 2.53. The first-order valence-electron chi connectivity index (χ1n) is 7.97. The maximum Gasteiger partial charge on any atom is 0.0700 e. The van der Waals surface area contributed by atoms with Crippen LogP contribution in [0.1, 0.15) is 46.5 Å². The van der Waals surface area contributed by atoms with Crippen LogP contribution in [0.5, 0.6) is 0 Å². The molecule has 0 heterocycles. The Morgan fingerprint density at radius 3 is 2.47 bits per heavy atom. The average Bonchev–Trinajstić information content (AvgIpc) is 3.15. The van der Waals surface area contributed by atoms with Crippen LogP contribution in [0.15, 0.2) is 0 Å². The van der Waals surface area contributed by atoms with Gasteiger partial charge in [0.1, 0.15) is 0 Å². The minimum absolute atomic E-state index is 0.170. The normalized spacial score (nSPS) is 37.6. The van der Waals surface area contributed by atoms with E-state index in [2.05, 4.69) is 25.7 Å². The molecule has 2 fully saturated rings. The fraction of sp³-hybridized carbons (Fsp3) is 1.00. The van der Waals surface area contributed by atoms with E-state index in [-0.39, 0.29) is 6.10 Å². The summed E-state index contributed by atoms with van der Waals surface area (Å²) in [6.45, 7) is 8.63. The third-order valence-electron chi connectivity index (χ3n) is 5.16. The van der Waals surface area contributed by atoms with E-state index >= 15 is 0 Å². The molecule has 19 heavy (non-hydrogen) atoms. The zero-order valence-electron chi connectivity index (χ0n) is 13.0. The van der Waals surface area contributed by atoms with Crippen molar-refractivity contribution in [3.63, 3.8) is 0 Å². The summed E-state index contributed by atoms with van der Waals surface area (Å²) >= 11 is 0. The monoisotopic (exact) mass is 269 g/mol. The van der Waals surface area contributed by atoms with Gasteiger partial charge >= 0.3 is 0 Å². The summed E-state index contributed by atoms with van der Waals surface area (Å²) in [5.74, 6) is 2.08. The number of nitrogens with zero attached hydrogens (tertiary/aromatic N) is 1. The van der Waals surface area contributed by atoms with Crippen LogP contribution in [-0.2, 0) is 4.74 Å². The summed E-state index contributed by atoms with van der Waals surface area (Å²) in [5, 5.41) is 10.5. The van der Waals surface area contributed by atoms with E-state index < -0.39 is 0 Å². The largest absolute Gasteiger partial charge is 0.391 e. The van der Waals surface area contributed by atoms with E-state index in [0.29, 0.717) is 23.9 Å². The van der Waals surface area contributed by atoms with Crippen molar-refractivity contribution < 1.29 is 9.84 Å². The number of ether oxygens (including phenoxy) is 1. The Bertz CT molecular complexity index is 268. The minimum atomic E-state index is -0.170. The highest BCUT2D eigenvalue weighted by molar-refractivity contribution is 4.95. The SMILES string of the molecule is COCCN(C(C)C1CC1)C1C(C)CC(C)CC1O. The van der Waals surface area contributed by atoms with Crippen LogP contribution in [0.25, 0.3) is 0 Å². The summed E-state index contributed by atoms with van der Waals surface area (Å²) < 4.78 is 5.28. The quantitative estimate of drug-likeness (QED) is 0.804. The Balaban J connectivity index is 2.06. The molecule has 0 aliphatic heterocycles. The van der Waals surface area contributed by atoms with Gasteiger partial charge in [0.05, 0.1) is 12.7 Å². The summed E-state index contributed by atoms with van der Waals surface area (Å²) in [6.07, 6.45) is 4.74. The van der Waals surface area contributed by atoms with Crippen molar-refractivity contribution in [3.8, 4) is 0 Å².